The van der Waals surface area contributed by atoms with Crippen molar-refractivity contribution in [2.75, 3.05) is 11.9 Å². The van der Waals surface area contributed by atoms with Crippen LogP contribution in [-0.2, 0) is 16.0 Å². The molecule has 0 spiro atoms. The van der Waals surface area contributed by atoms with Crippen LogP contribution < -0.4 is 10.6 Å². The van der Waals surface area contributed by atoms with Crippen LogP contribution in [0.25, 0.3) is 10.9 Å². The van der Waals surface area contributed by atoms with Gasteiger partial charge in [-0.2, -0.15) is 5.26 Å². The number of fused-ring (bicyclic) bond motifs is 1. The number of carbonyl (C=O) groups is 2. The summed E-state index contributed by atoms with van der Waals surface area (Å²) in [6.07, 6.45) is 2.61. The third-order valence-corrected chi connectivity index (χ3v) is 4.76. The average Bonchev–Trinajstić information content (AvgIpc) is 3.11. The van der Waals surface area contributed by atoms with Gasteiger partial charge in [-0.05, 0) is 56.2 Å². The second-order valence-corrected chi connectivity index (χ2v) is 7.13. The fourth-order valence-electron chi connectivity index (χ4n) is 2.89. The zero-order valence-corrected chi connectivity index (χ0v) is 15.9. The van der Waals surface area contributed by atoms with Crippen LogP contribution in [0, 0.1) is 16.7 Å². The molecule has 0 aliphatic rings. The van der Waals surface area contributed by atoms with Crippen molar-refractivity contribution in [3.05, 3.63) is 65.9 Å². The highest BCUT2D eigenvalue weighted by molar-refractivity contribution is 6.09. The van der Waals surface area contributed by atoms with E-state index in [1.54, 1.807) is 38.1 Å². The van der Waals surface area contributed by atoms with E-state index in [9.17, 15) is 9.59 Å². The lowest BCUT2D eigenvalue weighted by Crippen LogP contribution is -2.45. The predicted octanol–water partition coefficient (Wildman–Crippen LogP) is 3.36. The quantitative estimate of drug-likeness (QED) is 0.577. The number of aromatic nitrogens is 1. The lowest BCUT2D eigenvalue weighted by Gasteiger charge is -2.22. The molecular weight excluding hydrogens is 352 g/mol. The van der Waals surface area contributed by atoms with Crippen LogP contribution in [-0.4, -0.2) is 23.3 Å². The molecule has 28 heavy (non-hydrogen) atoms. The number of rotatable bonds is 6. The first-order valence-electron chi connectivity index (χ1n) is 9.07. The highest BCUT2D eigenvalue weighted by atomic mass is 16.2. The van der Waals surface area contributed by atoms with Gasteiger partial charge in [0.05, 0.1) is 11.6 Å². The Bertz CT molecular complexity index is 1040. The van der Waals surface area contributed by atoms with E-state index in [2.05, 4.69) is 15.6 Å². The molecule has 0 saturated heterocycles. The molecule has 3 N–H and O–H groups in total. The molecule has 0 unspecified atom stereocenters. The molecule has 3 aromatic rings. The highest BCUT2D eigenvalue weighted by Gasteiger charge is 2.35. The van der Waals surface area contributed by atoms with Crippen molar-refractivity contribution < 1.29 is 9.59 Å². The topological polar surface area (TPSA) is 97.8 Å². The summed E-state index contributed by atoms with van der Waals surface area (Å²) in [5.74, 6) is -0.736. The maximum absolute atomic E-state index is 12.6. The summed E-state index contributed by atoms with van der Waals surface area (Å²) < 4.78 is 0. The first-order chi connectivity index (χ1) is 13.4. The third kappa shape index (κ3) is 4.04. The van der Waals surface area contributed by atoms with E-state index >= 15 is 0 Å². The van der Waals surface area contributed by atoms with Crippen molar-refractivity contribution in [2.45, 2.75) is 20.3 Å². The fraction of sp³-hybridized carbons (Fsp3) is 0.227. The maximum Gasteiger partial charge on any atom is 0.239 e. The number of H-pyrrole nitrogens is 1. The van der Waals surface area contributed by atoms with Crippen molar-refractivity contribution >= 4 is 28.4 Å². The molecule has 0 aliphatic heterocycles. The number of hydrogen-bond donors (Lipinski definition) is 3. The molecule has 142 valence electrons. The van der Waals surface area contributed by atoms with E-state index in [1.165, 1.54) is 0 Å². The molecule has 1 heterocycles. The standard InChI is InChI=1S/C22H22N4O2/c1-22(2,21(28)26-17-9-7-15(13-23)8-10-17)20(27)24-12-11-16-14-25-19-6-4-3-5-18(16)19/h3-10,14,25H,11-12H2,1-2H3,(H,24,27)(H,26,28). The van der Waals surface area contributed by atoms with Gasteiger partial charge in [0.15, 0.2) is 0 Å². The van der Waals surface area contributed by atoms with E-state index < -0.39 is 11.3 Å². The second kappa shape index (κ2) is 7.97. The van der Waals surface area contributed by atoms with Gasteiger partial charge in [0, 0.05) is 29.3 Å². The summed E-state index contributed by atoms with van der Waals surface area (Å²) in [5.41, 5.74) is 2.01. The van der Waals surface area contributed by atoms with Crippen LogP contribution in [0.3, 0.4) is 0 Å². The molecule has 3 rings (SSSR count). The molecule has 6 nitrogen and oxygen atoms in total. The van der Waals surface area contributed by atoms with Gasteiger partial charge in [0.1, 0.15) is 5.41 Å². The molecule has 0 fully saturated rings. The number of carbonyl (C=O) groups excluding carboxylic acids is 2. The Morgan fingerprint density at radius 1 is 1.07 bits per heavy atom. The van der Waals surface area contributed by atoms with Gasteiger partial charge in [0.2, 0.25) is 11.8 Å². The van der Waals surface area contributed by atoms with E-state index in [0.717, 1.165) is 16.5 Å². The molecule has 2 amide bonds. The molecule has 0 aliphatic carbocycles. The van der Waals surface area contributed by atoms with Crippen molar-refractivity contribution in [1.29, 1.82) is 5.26 Å². The smallest absolute Gasteiger partial charge is 0.239 e. The van der Waals surface area contributed by atoms with Crippen LogP contribution in [0.4, 0.5) is 5.69 Å². The summed E-state index contributed by atoms with van der Waals surface area (Å²) in [7, 11) is 0. The monoisotopic (exact) mass is 374 g/mol. The van der Waals surface area contributed by atoms with Gasteiger partial charge < -0.3 is 15.6 Å². The van der Waals surface area contributed by atoms with Gasteiger partial charge in [-0.3, -0.25) is 9.59 Å². The fourth-order valence-corrected chi connectivity index (χ4v) is 2.89. The van der Waals surface area contributed by atoms with Crippen LogP contribution in [0.1, 0.15) is 25.0 Å². The van der Waals surface area contributed by atoms with Crippen molar-refractivity contribution in [1.82, 2.24) is 10.3 Å². The minimum atomic E-state index is -1.23. The summed E-state index contributed by atoms with van der Waals surface area (Å²) in [6.45, 7) is 3.62. The predicted molar refractivity (Wildman–Crippen MR) is 109 cm³/mol. The summed E-state index contributed by atoms with van der Waals surface area (Å²) in [5, 5.41) is 15.5. The Morgan fingerprint density at radius 3 is 2.50 bits per heavy atom. The second-order valence-electron chi connectivity index (χ2n) is 7.13. The summed E-state index contributed by atoms with van der Waals surface area (Å²) in [4.78, 5) is 28.3. The molecule has 2 aromatic carbocycles. The minimum absolute atomic E-state index is 0.335. The first-order valence-corrected chi connectivity index (χ1v) is 9.07. The van der Waals surface area contributed by atoms with Gasteiger partial charge >= 0.3 is 0 Å². The van der Waals surface area contributed by atoms with Gasteiger partial charge in [-0.25, -0.2) is 0 Å². The van der Waals surface area contributed by atoms with Crippen molar-refractivity contribution in [3.8, 4) is 6.07 Å². The number of hydrogen-bond acceptors (Lipinski definition) is 3. The molecule has 0 atom stereocenters. The van der Waals surface area contributed by atoms with Gasteiger partial charge in [0.25, 0.3) is 0 Å². The van der Waals surface area contributed by atoms with Crippen LogP contribution in [0.2, 0.25) is 0 Å². The van der Waals surface area contributed by atoms with E-state index in [4.69, 9.17) is 5.26 Å². The van der Waals surface area contributed by atoms with E-state index in [-0.39, 0.29) is 5.91 Å². The first kappa shape index (κ1) is 19.2. The number of nitrogens with zero attached hydrogens (tertiary/aromatic N) is 1. The van der Waals surface area contributed by atoms with Crippen LogP contribution >= 0.6 is 0 Å². The largest absolute Gasteiger partial charge is 0.361 e. The summed E-state index contributed by atoms with van der Waals surface area (Å²) >= 11 is 0. The number of amides is 2. The molecule has 6 heteroatoms. The SMILES string of the molecule is CC(C)(C(=O)NCCc1c[nH]c2ccccc12)C(=O)Nc1ccc(C#N)cc1. The molecule has 0 saturated carbocycles. The Balaban J connectivity index is 1.57. The summed E-state index contributed by atoms with van der Waals surface area (Å²) in [6, 6.07) is 16.5. The Morgan fingerprint density at radius 2 is 1.79 bits per heavy atom. The van der Waals surface area contributed by atoms with E-state index in [0.29, 0.717) is 24.2 Å². The lowest BCUT2D eigenvalue weighted by molar-refractivity contribution is -0.138. The number of benzene rings is 2. The number of nitriles is 1. The Hall–Kier alpha value is -3.59. The number of para-hydroxylation sites is 1. The molecule has 0 radical (unpaired) electrons. The number of aromatic amines is 1. The zero-order chi connectivity index (χ0) is 20.1. The van der Waals surface area contributed by atoms with E-state index in [1.807, 2.05) is 36.5 Å². The van der Waals surface area contributed by atoms with Gasteiger partial charge in [-0.15, -0.1) is 0 Å². The van der Waals surface area contributed by atoms with Gasteiger partial charge in [-0.1, -0.05) is 18.2 Å². The molecule has 0 bridgehead atoms. The van der Waals surface area contributed by atoms with Crippen LogP contribution in [0.15, 0.2) is 54.7 Å². The number of anilines is 1. The zero-order valence-electron chi connectivity index (χ0n) is 15.9. The van der Waals surface area contributed by atoms with Crippen LogP contribution in [0.5, 0.6) is 0 Å². The van der Waals surface area contributed by atoms with Crippen molar-refractivity contribution in [3.63, 3.8) is 0 Å². The third-order valence-electron chi connectivity index (χ3n) is 4.76. The highest BCUT2D eigenvalue weighted by Crippen LogP contribution is 2.20. The molecular formula is C22H22N4O2. The Kier molecular flexibility index (Phi) is 5.46. The van der Waals surface area contributed by atoms with Crippen molar-refractivity contribution in [2.24, 2.45) is 5.41 Å². The number of nitrogens with one attached hydrogen (secondary N) is 3. The normalized spacial score (nSPS) is 11.0. The molecule has 1 aromatic heterocycles. The maximum atomic E-state index is 12.6. The average molecular weight is 374 g/mol. The minimum Gasteiger partial charge on any atom is -0.361 e. The Labute approximate surface area is 163 Å². The lowest BCUT2D eigenvalue weighted by atomic mass is 9.90.